The molecule has 10 heteroatoms. The van der Waals surface area contributed by atoms with E-state index < -0.39 is 15.6 Å². The van der Waals surface area contributed by atoms with Crippen molar-refractivity contribution in [1.82, 2.24) is 15.4 Å². The first-order valence-electron chi connectivity index (χ1n) is 9.46. The summed E-state index contributed by atoms with van der Waals surface area (Å²) in [4.78, 5) is 6.52. The maximum absolute atomic E-state index is 13.4. The molecule has 1 saturated heterocycles. The van der Waals surface area contributed by atoms with Crippen molar-refractivity contribution in [3.8, 4) is 0 Å². The van der Waals surface area contributed by atoms with E-state index >= 15 is 0 Å². The number of piperidine rings is 1. The number of nitrogens with zero attached hydrogens (tertiary/aromatic N) is 2. The molecule has 7 nitrogen and oxygen atoms in total. The average Bonchev–Trinajstić information content (AvgIpc) is 2.56. The summed E-state index contributed by atoms with van der Waals surface area (Å²) in [5, 5.41) is 6.61. The minimum atomic E-state index is -3.29. The molecule has 0 aliphatic carbocycles. The number of aryl methyl sites for hydroxylation is 1. The number of rotatable bonds is 6. The van der Waals surface area contributed by atoms with Gasteiger partial charge in [0.1, 0.15) is 5.82 Å². The fraction of sp³-hybridized carbons (Fsp3) is 0.632. The van der Waals surface area contributed by atoms with Crippen molar-refractivity contribution in [2.75, 3.05) is 37.8 Å². The molecule has 3 N–H and O–H groups in total. The van der Waals surface area contributed by atoms with Crippen LogP contribution in [0.2, 0.25) is 0 Å². The van der Waals surface area contributed by atoms with E-state index in [1.807, 2.05) is 26.8 Å². The van der Waals surface area contributed by atoms with Crippen LogP contribution in [0.3, 0.4) is 0 Å². The number of aliphatic imine (C=N–C) groups is 1. The Morgan fingerprint density at radius 2 is 2.07 bits per heavy atom. The number of hydrogen-bond acceptors (Lipinski definition) is 4. The molecular formula is C19H33FIN5O2S. The smallest absolute Gasteiger partial charge is 0.209 e. The molecule has 1 atom stereocenters. The third-order valence-electron chi connectivity index (χ3n) is 4.64. The predicted molar refractivity (Wildman–Crippen MR) is 128 cm³/mol. The van der Waals surface area contributed by atoms with Gasteiger partial charge in [-0.15, -0.1) is 24.0 Å². The topological polar surface area (TPSA) is 85.8 Å². The fourth-order valence-corrected chi connectivity index (χ4v) is 4.59. The molecule has 0 amide bonds. The lowest BCUT2D eigenvalue weighted by atomic mass is 10.0. The van der Waals surface area contributed by atoms with Crippen LogP contribution < -0.4 is 20.3 Å². The van der Waals surface area contributed by atoms with Gasteiger partial charge in [0, 0.05) is 44.0 Å². The summed E-state index contributed by atoms with van der Waals surface area (Å²) in [7, 11) is -1.60. The molecule has 2 rings (SSSR count). The van der Waals surface area contributed by atoms with E-state index in [2.05, 4.69) is 25.2 Å². The number of halogens is 2. The maximum Gasteiger partial charge on any atom is 0.209 e. The van der Waals surface area contributed by atoms with Gasteiger partial charge in [0.25, 0.3) is 0 Å². The Morgan fingerprint density at radius 1 is 1.38 bits per heavy atom. The molecule has 0 spiro atoms. The molecule has 0 bridgehead atoms. The van der Waals surface area contributed by atoms with Crippen LogP contribution in [0, 0.1) is 12.7 Å². The van der Waals surface area contributed by atoms with Crippen LogP contribution in [-0.2, 0) is 10.0 Å². The van der Waals surface area contributed by atoms with Crippen molar-refractivity contribution in [3.63, 3.8) is 0 Å². The number of hydrogen-bond donors (Lipinski definition) is 3. The second kappa shape index (κ2) is 10.8. The summed E-state index contributed by atoms with van der Waals surface area (Å²) in [5.41, 5.74) is 1.33. The largest absolute Gasteiger partial charge is 0.369 e. The van der Waals surface area contributed by atoms with E-state index in [1.54, 1.807) is 13.1 Å². The number of guanidine groups is 1. The lowest BCUT2D eigenvalue weighted by Crippen LogP contribution is -2.56. The lowest BCUT2D eigenvalue weighted by Gasteiger charge is -2.36. The zero-order valence-electron chi connectivity index (χ0n) is 17.8. The molecule has 1 aromatic rings. The molecular weight excluding hydrogens is 508 g/mol. The molecule has 1 unspecified atom stereocenters. The Labute approximate surface area is 191 Å². The van der Waals surface area contributed by atoms with Gasteiger partial charge >= 0.3 is 0 Å². The van der Waals surface area contributed by atoms with Crippen molar-refractivity contribution >= 4 is 45.6 Å². The second-order valence-corrected chi connectivity index (χ2v) is 9.79. The van der Waals surface area contributed by atoms with E-state index in [0.717, 1.165) is 43.4 Å². The minimum absolute atomic E-state index is 0. The van der Waals surface area contributed by atoms with Gasteiger partial charge < -0.3 is 15.5 Å². The summed E-state index contributed by atoms with van der Waals surface area (Å²) in [6, 6.07) is 5.08. The quantitative estimate of drug-likeness (QED) is 0.292. The summed E-state index contributed by atoms with van der Waals surface area (Å²) < 4.78 is 39.0. The van der Waals surface area contributed by atoms with Gasteiger partial charge in [0.05, 0.1) is 6.26 Å². The third-order valence-corrected chi connectivity index (χ3v) is 5.57. The van der Waals surface area contributed by atoms with Crippen molar-refractivity contribution < 1.29 is 12.8 Å². The van der Waals surface area contributed by atoms with E-state index in [0.29, 0.717) is 12.5 Å². The molecule has 1 aliphatic heterocycles. The average molecular weight is 541 g/mol. The Bertz CT molecular complexity index is 817. The monoisotopic (exact) mass is 541 g/mol. The molecule has 1 fully saturated rings. The van der Waals surface area contributed by atoms with Crippen LogP contribution >= 0.6 is 24.0 Å². The number of sulfonamides is 1. The molecule has 0 radical (unpaired) electrons. The van der Waals surface area contributed by atoms with Gasteiger partial charge in [-0.1, -0.05) is 0 Å². The van der Waals surface area contributed by atoms with Gasteiger partial charge in [-0.25, -0.2) is 17.5 Å². The summed E-state index contributed by atoms with van der Waals surface area (Å²) in [6.07, 6.45) is 3.17. The molecule has 166 valence electrons. The van der Waals surface area contributed by atoms with Crippen LogP contribution in [0.5, 0.6) is 0 Å². The van der Waals surface area contributed by atoms with Crippen molar-refractivity contribution in [3.05, 3.63) is 29.6 Å². The van der Waals surface area contributed by atoms with E-state index in [-0.39, 0.29) is 35.8 Å². The van der Waals surface area contributed by atoms with E-state index in [4.69, 9.17) is 0 Å². The van der Waals surface area contributed by atoms with Crippen LogP contribution in [0.15, 0.2) is 23.2 Å². The van der Waals surface area contributed by atoms with Crippen LogP contribution in [0.4, 0.5) is 10.1 Å². The highest BCUT2D eigenvalue weighted by Crippen LogP contribution is 2.24. The highest BCUT2D eigenvalue weighted by Gasteiger charge is 2.25. The number of anilines is 1. The molecule has 29 heavy (non-hydrogen) atoms. The first-order chi connectivity index (χ1) is 13.0. The van der Waals surface area contributed by atoms with Crippen molar-refractivity contribution in [2.45, 2.75) is 45.2 Å². The normalized spacial score (nSPS) is 18.2. The number of benzene rings is 1. The standard InChI is InChI=1S/C19H32FN5O2S.HI/c1-14-11-15(20)8-9-17(14)25-10-6-7-16(12-25)23-18(21-4)22-13-19(2,3)24-28(5,26)27;/h8-9,11,16,24H,6-7,10,12-13H2,1-5H3,(H2,21,22,23);1H. The molecule has 1 aliphatic rings. The first kappa shape index (κ1) is 25.9. The zero-order valence-corrected chi connectivity index (χ0v) is 20.9. The maximum atomic E-state index is 13.4. The number of nitrogens with one attached hydrogen (secondary N) is 3. The van der Waals surface area contributed by atoms with Crippen LogP contribution in [-0.4, -0.2) is 58.9 Å². The Hall–Kier alpha value is -1.14. The van der Waals surface area contributed by atoms with Gasteiger partial charge in [-0.3, -0.25) is 4.99 Å². The predicted octanol–water partition coefficient (Wildman–Crippen LogP) is 2.21. The van der Waals surface area contributed by atoms with E-state index in [9.17, 15) is 12.8 Å². The third kappa shape index (κ3) is 8.63. The van der Waals surface area contributed by atoms with Crippen molar-refractivity contribution in [1.29, 1.82) is 0 Å². The molecule has 0 saturated carbocycles. The summed E-state index contributed by atoms with van der Waals surface area (Å²) in [5.74, 6) is 0.411. The highest BCUT2D eigenvalue weighted by molar-refractivity contribution is 14.0. The van der Waals surface area contributed by atoms with Gasteiger partial charge in [0.2, 0.25) is 10.0 Å². The first-order valence-corrected chi connectivity index (χ1v) is 11.4. The molecule has 0 aromatic heterocycles. The zero-order chi connectivity index (χ0) is 20.9. The Morgan fingerprint density at radius 3 is 2.66 bits per heavy atom. The van der Waals surface area contributed by atoms with Gasteiger partial charge in [-0.05, 0) is 57.4 Å². The second-order valence-electron chi connectivity index (χ2n) is 8.04. The highest BCUT2D eigenvalue weighted by atomic mass is 127. The summed E-state index contributed by atoms with van der Waals surface area (Å²) in [6.45, 7) is 7.67. The SMILES string of the molecule is CN=C(NCC(C)(C)NS(C)(=O)=O)NC1CCCN(c2ccc(F)cc2C)C1.I. The van der Waals surface area contributed by atoms with Gasteiger partial charge in [-0.2, -0.15) is 0 Å². The van der Waals surface area contributed by atoms with E-state index in [1.165, 1.54) is 6.07 Å². The van der Waals surface area contributed by atoms with Gasteiger partial charge in [0.15, 0.2) is 5.96 Å². The Balaban J connectivity index is 0.00000420. The Kier molecular flexibility index (Phi) is 9.61. The molecule has 1 heterocycles. The minimum Gasteiger partial charge on any atom is -0.369 e. The summed E-state index contributed by atoms with van der Waals surface area (Å²) >= 11 is 0. The molecule has 1 aromatic carbocycles. The fourth-order valence-electron chi connectivity index (χ4n) is 3.52. The van der Waals surface area contributed by atoms with Crippen LogP contribution in [0.25, 0.3) is 0 Å². The lowest BCUT2D eigenvalue weighted by molar-refractivity contribution is 0.436. The van der Waals surface area contributed by atoms with Crippen molar-refractivity contribution in [2.24, 2.45) is 4.99 Å². The van der Waals surface area contributed by atoms with Crippen LogP contribution in [0.1, 0.15) is 32.3 Å².